The van der Waals surface area contributed by atoms with Gasteiger partial charge in [-0.25, -0.2) is 4.39 Å². The van der Waals surface area contributed by atoms with Crippen molar-refractivity contribution >= 4 is 11.6 Å². The summed E-state index contributed by atoms with van der Waals surface area (Å²) in [7, 11) is 0. The Balaban J connectivity index is 1.99. The molecule has 0 saturated heterocycles. The molecule has 1 nitrogen and oxygen atoms in total. The van der Waals surface area contributed by atoms with E-state index in [1.807, 2.05) is 6.07 Å². The van der Waals surface area contributed by atoms with Gasteiger partial charge in [-0.2, -0.15) is 0 Å². The summed E-state index contributed by atoms with van der Waals surface area (Å²) in [6, 6.07) is 5.25. The molecule has 0 heterocycles. The summed E-state index contributed by atoms with van der Waals surface area (Å²) in [5, 5.41) is 3.85. The van der Waals surface area contributed by atoms with Crippen molar-refractivity contribution in [2.24, 2.45) is 11.8 Å². The first-order valence-electron chi connectivity index (χ1n) is 8.04. The predicted octanol–water partition coefficient (Wildman–Crippen LogP) is 5.22. The van der Waals surface area contributed by atoms with E-state index in [0.29, 0.717) is 11.8 Å². The highest BCUT2D eigenvalue weighted by Crippen LogP contribution is 2.33. The van der Waals surface area contributed by atoms with Crippen molar-refractivity contribution in [1.82, 2.24) is 5.32 Å². The molecule has 0 aliphatic heterocycles. The standard InChI is InChI=1S/C18H27ClFN/c1-18(2,3)21-12-15-7-5-4-6-14(15)10-13-8-9-16(19)17(20)11-13/h8-9,11,14-15,21H,4-7,10,12H2,1-3H3. The fourth-order valence-corrected chi connectivity index (χ4v) is 3.35. The molecule has 2 unspecified atom stereocenters. The van der Waals surface area contributed by atoms with Crippen LogP contribution in [-0.4, -0.2) is 12.1 Å². The largest absolute Gasteiger partial charge is 0.312 e. The van der Waals surface area contributed by atoms with Crippen molar-refractivity contribution in [2.45, 2.75) is 58.4 Å². The van der Waals surface area contributed by atoms with Crippen LogP contribution in [0.4, 0.5) is 4.39 Å². The van der Waals surface area contributed by atoms with Gasteiger partial charge in [0.25, 0.3) is 0 Å². The molecule has 2 atom stereocenters. The molecule has 21 heavy (non-hydrogen) atoms. The molecule has 1 aromatic carbocycles. The summed E-state index contributed by atoms with van der Waals surface area (Å²) in [6.45, 7) is 7.68. The maximum absolute atomic E-state index is 13.6. The smallest absolute Gasteiger partial charge is 0.142 e. The molecule has 1 aliphatic rings. The Morgan fingerprint density at radius 2 is 1.86 bits per heavy atom. The summed E-state index contributed by atoms with van der Waals surface area (Å²) in [4.78, 5) is 0. The maximum atomic E-state index is 13.6. The van der Waals surface area contributed by atoms with Crippen LogP contribution in [0.1, 0.15) is 52.0 Å². The van der Waals surface area contributed by atoms with Crippen LogP contribution in [0, 0.1) is 17.7 Å². The van der Waals surface area contributed by atoms with Gasteiger partial charge in [0.15, 0.2) is 0 Å². The third kappa shape index (κ3) is 5.27. The molecule has 1 N–H and O–H groups in total. The lowest BCUT2D eigenvalue weighted by molar-refractivity contribution is 0.213. The highest BCUT2D eigenvalue weighted by molar-refractivity contribution is 6.30. The topological polar surface area (TPSA) is 12.0 Å². The number of rotatable bonds is 4. The first-order chi connectivity index (χ1) is 9.85. The van der Waals surface area contributed by atoms with E-state index in [4.69, 9.17) is 11.6 Å². The second-order valence-electron chi connectivity index (χ2n) is 7.39. The normalized spacial score (nSPS) is 23.3. The minimum Gasteiger partial charge on any atom is -0.312 e. The SMILES string of the molecule is CC(C)(C)NCC1CCCCC1Cc1ccc(Cl)c(F)c1. The van der Waals surface area contributed by atoms with E-state index >= 15 is 0 Å². The number of benzene rings is 1. The number of halogens is 2. The van der Waals surface area contributed by atoms with Gasteiger partial charge in [-0.05, 0) is 76.1 Å². The van der Waals surface area contributed by atoms with Crippen LogP contribution >= 0.6 is 11.6 Å². The number of hydrogen-bond acceptors (Lipinski definition) is 1. The minimum atomic E-state index is -0.297. The quantitative estimate of drug-likeness (QED) is 0.804. The van der Waals surface area contributed by atoms with Gasteiger partial charge in [0, 0.05) is 5.54 Å². The van der Waals surface area contributed by atoms with Gasteiger partial charge >= 0.3 is 0 Å². The third-order valence-electron chi connectivity index (χ3n) is 4.44. The highest BCUT2D eigenvalue weighted by atomic mass is 35.5. The molecule has 0 aromatic heterocycles. The van der Waals surface area contributed by atoms with E-state index in [1.54, 1.807) is 12.1 Å². The van der Waals surface area contributed by atoms with Gasteiger partial charge in [0.1, 0.15) is 5.82 Å². The zero-order valence-electron chi connectivity index (χ0n) is 13.4. The molecule has 1 fully saturated rings. The van der Waals surface area contributed by atoms with Gasteiger partial charge in [0.2, 0.25) is 0 Å². The van der Waals surface area contributed by atoms with Crippen molar-refractivity contribution < 1.29 is 4.39 Å². The fourth-order valence-electron chi connectivity index (χ4n) is 3.23. The van der Waals surface area contributed by atoms with Gasteiger partial charge in [-0.15, -0.1) is 0 Å². The zero-order valence-corrected chi connectivity index (χ0v) is 14.1. The van der Waals surface area contributed by atoms with E-state index in [0.717, 1.165) is 18.5 Å². The van der Waals surface area contributed by atoms with Crippen molar-refractivity contribution in [2.75, 3.05) is 6.54 Å². The van der Waals surface area contributed by atoms with Crippen molar-refractivity contribution in [3.05, 3.63) is 34.6 Å². The minimum absolute atomic E-state index is 0.161. The van der Waals surface area contributed by atoms with Crippen LogP contribution in [-0.2, 0) is 6.42 Å². The Morgan fingerprint density at radius 3 is 2.48 bits per heavy atom. The van der Waals surface area contributed by atoms with E-state index in [9.17, 15) is 4.39 Å². The average molecular weight is 312 g/mol. The summed E-state index contributed by atoms with van der Waals surface area (Å²) >= 11 is 5.77. The molecule has 0 radical (unpaired) electrons. The lowest BCUT2D eigenvalue weighted by Crippen LogP contribution is -2.41. The van der Waals surface area contributed by atoms with Gasteiger partial charge in [0.05, 0.1) is 5.02 Å². The summed E-state index contributed by atoms with van der Waals surface area (Å²) in [6.07, 6.45) is 6.11. The molecule has 3 heteroatoms. The molecule has 2 rings (SSSR count). The monoisotopic (exact) mass is 311 g/mol. The molecule has 118 valence electrons. The Kier molecular flexibility index (Phi) is 5.67. The molecule has 0 bridgehead atoms. The van der Waals surface area contributed by atoms with Crippen LogP contribution in [0.25, 0.3) is 0 Å². The Hall–Kier alpha value is -0.600. The second-order valence-corrected chi connectivity index (χ2v) is 7.80. The molecule has 1 aliphatic carbocycles. The van der Waals surface area contributed by atoms with Crippen LogP contribution < -0.4 is 5.32 Å². The third-order valence-corrected chi connectivity index (χ3v) is 4.75. The van der Waals surface area contributed by atoms with Crippen molar-refractivity contribution in [3.63, 3.8) is 0 Å². The van der Waals surface area contributed by atoms with E-state index in [1.165, 1.54) is 25.7 Å². The lowest BCUT2D eigenvalue weighted by atomic mass is 9.76. The number of nitrogens with one attached hydrogen (secondary N) is 1. The van der Waals surface area contributed by atoms with Crippen LogP contribution in [0.2, 0.25) is 5.02 Å². The van der Waals surface area contributed by atoms with Crippen LogP contribution in [0.5, 0.6) is 0 Å². The summed E-state index contributed by atoms with van der Waals surface area (Å²) in [5.74, 6) is 1.04. The summed E-state index contributed by atoms with van der Waals surface area (Å²) in [5.41, 5.74) is 1.23. The van der Waals surface area contributed by atoms with Gasteiger partial charge < -0.3 is 5.32 Å². The van der Waals surface area contributed by atoms with Crippen molar-refractivity contribution in [3.8, 4) is 0 Å². The average Bonchev–Trinajstić information content (AvgIpc) is 2.41. The molecule has 1 aromatic rings. The van der Waals surface area contributed by atoms with Crippen LogP contribution in [0.15, 0.2) is 18.2 Å². The first kappa shape index (κ1) is 16.8. The highest BCUT2D eigenvalue weighted by Gasteiger charge is 2.26. The second kappa shape index (κ2) is 7.11. The molecule has 1 saturated carbocycles. The molecular weight excluding hydrogens is 285 g/mol. The Labute approximate surface area is 133 Å². The molecular formula is C18H27ClFN. The number of hydrogen-bond donors (Lipinski definition) is 1. The van der Waals surface area contributed by atoms with Gasteiger partial charge in [-0.3, -0.25) is 0 Å². The summed E-state index contributed by atoms with van der Waals surface area (Å²) < 4.78 is 13.6. The molecule has 0 amide bonds. The fraction of sp³-hybridized carbons (Fsp3) is 0.667. The van der Waals surface area contributed by atoms with E-state index < -0.39 is 0 Å². The van der Waals surface area contributed by atoms with E-state index in [2.05, 4.69) is 26.1 Å². The van der Waals surface area contributed by atoms with E-state index in [-0.39, 0.29) is 16.4 Å². The maximum Gasteiger partial charge on any atom is 0.142 e. The zero-order chi connectivity index (χ0) is 15.5. The lowest BCUT2D eigenvalue weighted by Gasteiger charge is -2.34. The Bertz CT molecular complexity index is 467. The Morgan fingerprint density at radius 1 is 1.19 bits per heavy atom. The molecule has 0 spiro atoms. The van der Waals surface area contributed by atoms with Crippen molar-refractivity contribution in [1.29, 1.82) is 0 Å². The van der Waals surface area contributed by atoms with Crippen LogP contribution in [0.3, 0.4) is 0 Å². The van der Waals surface area contributed by atoms with Gasteiger partial charge in [-0.1, -0.05) is 30.5 Å². The first-order valence-corrected chi connectivity index (χ1v) is 8.42. The predicted molar refractivity (Wildman–Crippen MR) is 88.3 cm³/mol.